The van der Waals surface area contributed by atoms with Gasteiger partial charge in [0.15, 0.2) is 0 Å². The maximum atomic E-state index is 11.1. The number of carboxylic acids is 1. The second-order valence-electron chi connectivity index (χ2n) is 4.90. The summed E-state index contributed by atoms with van der Waals surface area (Å²) in [4.78, 5) is 12.4. The third kappa shape index (κ3) is 1.73. The lowest BCUT2D eigenvalue weighted by atomic mass is 9.78. The molecule has 86 valence electrons. The number of fused-ring (bicyclic) bond motifs is 1. The molecule has 1 aromatic carbocycles. The van der Waals surface area contributed by atoms with Crippen LogP contribution in [0.1, 0.15) is 41.8 Å². The van der Waals surface area contributed by atoms with Crippen LogP contribution in [0, 0.1) is 6.92 Å². The zero-order valence-corrected chi connectivity index (χ0v) is 10.6. The maximum absolute atomic E-state index is 11.1. The Balaban J connectivity index is 2.67. The Hall–Kier alpha value is -0.960. The van der Waals surface area contributed by atoms with Gasteiger partial charge >= 0.3 is 5.97 Å². The van der Waals surface area contributed by atoms with Crippen molar-refractivity contribution >= 4 is 17.7 Å². The minimum Gasteiger partial charge on any atom is -0.478 e. The van der Waals surface area contributed by atoms with Crippen molar-refractivity contribution in [3.63, 3.8) is 0 Å². The minimum absolute atomic E-state index is 0.0934. The smallest absolute Gasteiger partial charge is 0.335 e. The average Bonchev–Trinajstić information content (AvgIpc) is 2.15. The number of hydrogen-bond donors (Lipinski definition) is 1. The number of aromatic carboxylic acids is 1. The second-order valence-corrected chi connectivity index (χ2v) is 6.04. The molecule has 0 bridgehead atoms. The fourth-order valence-corrected chi connectivity index (χ4v) is 3.99. The summed E-state index contributed by atoms with van der Waals surface area (Å²) in [6.45, 7) is 6.32. The molecule has 0 spiro atoms. The van der Waals surface area contributed by atoms with Gasteiger partial charge in [0.05, 0.1) is 5.56 Å². The van der Waals surface area contributed by atoms with E-state index in [0.717, 1.165) is 17.7 Å². The predicted molar refractivity (Wildman–Crippen MR) is 66.5 cm³/mol. The first kappa shape index (κ1) is 11.5. The Morgan fingerprint density at radius 1 is 1.44 bits per heavy atom. The molecular formula is C13H16O2S. The molecule has 0 amide bonds. The van der Waals surface area contributed by atoms with E-state index in [9.17, 15) is 4.79 Å². The van der Waals surface area contributed by atoms with Crippen LogP contribution in [0.25, 0.3) is 0 Å². The van der Waals surface area contributed by atoms with E-state index in [1.165, 1.54) is 10.5 Å². The van der Waals surface area contributed by atoms with Crippen molar-refractivity contribution in [1.82, 2.24) is 0 Å². The van der Waals surface area contributed by atoms with E-state index in [0.29, 0.717) is 5.56 Å². The first-order valence-electron chi connectivity index (χ1n) is 5.43. The van der Waals surface area contributed by atoms with Gasteiger partial charge in [0, 0.05) is 4.90 Å². The van der Waals surface area contributed by atoms with Crippen LogP contribution in [0.4, 0.5) is 0 Å². The van der Waals surface area contributed by atoms with Gasteiger partial charge in [-0.3, -0.25) is 0 Å². The highest BCUT2D eigenvalue weighted by molar-refractivity contribution is 7.99. The maximum Gasteiger partial charge on any atom is 0.335 e. The summed E-state index contributed by atoms with van der Waals surface area (Å²) in [7, 11) is 0. The molecule has 0 aromatic heterocycles. The molecule has 0 radical (unpaired) electrons. The molecular weight excluding hydrogens is 220 g/mol. The molecule has 1 aliphatic rings. The molecule has 1 aromatic rings. The monoisotopic (exact) mass is 236 g/mol. The summed E-state index contributed by atoms with van der Waals surface area (Å²) < 4.78 is 0. The molecule has 3 heteroatoms. The van der Waals surface area contributed by atoms with Crippen LogP contribution in [0.3, 0.4) is 0 Å². The summed E-state index contributed by atoms with van der Waals surface area (Å²) in [5.41, 5.74) is 2.69. The fourth-order valence-electron chi connectivity index (χ4n) is 2.42. The normalized spacial score (nSPS) is 17.9. The lowest BCUT2D eigenvalue weighted by Gasteiger charge is -2.34. The van der Waals surface area contributed by atoms with Crippen molar-refractivity contribution in [2.45, 2.75) is 37.5 Å². The molecule has 1 heterocycles. The predicted octanol–water partition coefficient (Wildman–Crippen LogP) is 3.47. The van der Waals surface area contributed by atoms with Crippen LogP contribution >= 0.6 is 11.8 Å². The van der Waals surface area contributed by atoms with Gasteiger partial charge in [-0.1, -0.05) is 13.8 Å². The first-order chi connectivity index (χ1) is 7.43. The van der Waals surface area contributed by atoms with Gasteiger partial charge in [-0.2, -0.15) is 0 Å². The third-order valence-corrected chi connectivity index (χ3v) is 4.38. The van der Waals surface area contributed by atoms with Gasteiger partial charge in [0.2, 0.25) is 0 Å². The van der Waals surface area contributed by atoms with Crippen LogP contribution < -0.4 is 0 Å². The van der Waals surface area contributed by atoms with Crippen molar-refractivity contribution in [2.24, 2.45) is 0 Å². The molecule has 0 saturated carbocycles. The SMILES string of the molecule is Cc1c(C(=O)O)ccc2c1C(C)(C)CCS2. The van der Waals surface area contributed by atoms with Crippen molar-refractivity contribution in [3.8, 4) is 0 Å². The highest BCUT2D eigenvalue weighted by Crippen LogP contribution is 2.43. The highest BCUT2D eigenvalue weighted by Gasteiger charge is 2.31. The van der Waals surface area contributed by atoms with Gasteiger partial charge < -0.3 is 5.11 Å². The Labute approximate surface area is 100 Å². The van der Waals surface area contributed by atoms with E-state index in [4.69, 9.17) is 5.11 Å². The van der Waals surface area contributed by atoms with Gasteiger partial charge in [-0.15, -0.1) is 11.8 Å². The fraction of sp³-hybridized carbons (Fsp3) is 0.462. The number of thioether (sulfide) groups is 1. The largest absolute Gasteiger partial charge is 0.478 e. The molecule has 2 rings (SSSR count). The standard InChI is InChI=1S/C13H16O2S/c1-8-9(12(14)15)4-5-10-11(8)13(2,3)6-7-16-10/h4-5H,6-7H2,1-3H3,(H,14,15). The number of hydrogen-bond acceptors (Lipinski definition) is 2. The highest BCUT2D eigenvalue weighted by atomic mass is 32.2. The van der Waals surface area contributed by atoms with Gasteiger partial charge in [-0.05, 0) is 47.8 Å². The Kier molecular flexibility index (Phi) is 2.74. The van der Waals surface area contributed by atoms with E-state index < -0.39 is 5.97 Å². The molecule has 0 fully saturated rings. The summed E-state index contributed by atoms with van der Waals surface area (Å²) in [6.07, 6.45) is 1.11. The van der Waals surface area contributed by atoms with E-state index in [1.54, 1.807) is 6.07 Å². The Morgan fingerprint density at radius 2 is 2.12 bits per heavy atom. The summed E-state index contributed by atoms with van der Waals surface area (Å²) in [5.74, 6) is 0.290. The van der Waals surface area contributed by atoms with Gasteiger partial charge in [-0.25, -0.2) is 4.79 Å². The first-order valence-corrected chi connectivity index (χ1v) is 6.42. The quantitative estimate of drug-likeness (QED) is 0.811. The molecule has 0 saturated heterocycles. The molecule has 2 nitrogen and oxygen atoms in total. The second kappa shape index (κ2) is 3.81. The summed E-state index contributed by atoms with van der Waals surface area (Å²) in [6, 6.07) is 3.68. The lowest BCUT2D eigenvalue weighted by molar-refractivity contribution is 0.0696. The van der Waals surface area contributed by atoms with Crippen molar-refractivity contribution in [2.75, 3.05) is 5.75 Å². The van der Waals surface area contributed by atoms with Crippen molar-refractivity contribution < 1.29 is 9.90 Å². The van der Waals surface area contributed by atoms with E-state index >= 15 is 0 Å². The number of carbonyl (C=O) groups is 1. The molecule has 0 unspecified atom stereocenters. The molecule has 0 aliphatic carbocycles. The van der Waals surface area contributed by atoms with Gasteiger partial charge in [0.25, 0.3) is 0 Å². The average molecular weight is 236 g/mol. The molecule has 0 atom stereocenters. The number of rotatable bonds is 1. The number of benzene rings is 1. The topological polar surface area (TPSA) is 37.3 Å². The third-order valence-electron chi connectivity index (χ3n) is 3.32. The Bertz CT molecular complexity index is 449. The zero-order chi connectivity index (χ0) is 11.9. The summed E-state index contributed by atoms with van der Waals surface area (Å²) in [5, 5.41) is 9.13. The minimum atomic E-state index is -0.827. The molecule has 1 aliphatic heterocycles. The van der Waals surface area contributed by atoms with Crippen LogP contribution in [0.2, 0.25) is 0 Å². The molecule has 16 heavy (non-hydrogen) atoms. The summed E-state index contributed by atoms with van der Waals surface area (Å²) >= 11 is 1.83. The Morgan fingerprint density at radius 3 is 2.75 bits per heavy atom. The zero-order valence-electron chi connectivity index (χ0n) is 9.83. The van der Waals surface area contributed by atoms with Gasteiger partial charge in [0.1, 0.15) is 0 Å². The van der Waals surface area contributed by atoms with Crippen LogP contribution in [0.5, 0.6) is 0 Å². The number of carboxylic acid groups (broad SMARTS) is 1. The van der Waals surface area contributed by atoms with Crippen LogP contribution in [-0.2, 0) is 5.41 Å². The molecule has 1 N–H and O–H groups in total. The van der Waals surface area contributed by atoms with E-state index in [1.807, 2.05) is 24.8 Å². The van der Waals surface area contributed by atoms with E-state index in [2.05, 4.69) is 13.8 Å². The van der Waals surface area contributed by atoms with E-state index in [-0.39, 0.29) is 5.41 Å². The van der Waals surface area contributed by atoms with Crippen molar-refractivity contribution in [1.29, 1.82) is 0 Å². The lowest BCUT2D eigenvalue weighted by Crippen LogP contribution is -2.25. The van der Waals surface area contributed by atoms with Crippen LogP contribution in [-0.4, -0.2) is 16.8 Å². The van der Waals surface area contributed by atoms with Crippen molar-refractivity contribution in [3.05, 3.63) is 28.8 Å². The van der Waals surface area contributed by atoms with Crippen LogP contribution in [0.15, 0.2) is 17.0 Å².